The van der Waals surface area contributed by atoms with Gasteiger partial charge < -0.3 is 38.6 Å². The zero-order chi connectivity index (χ0) is 31.7. The molecule has 0 saturated heterocycles. The van der Waals surface area contributed by atoms with E-state index in [2.05, 4.69) is 47.7 Å². The van der Waals surface area contributed by atoms with E-state index in [0.717, 1.165) is 0 Å². The zero-order valence-corrected chi connectivity index (χ0v) is 23.9. The SMILES string of the molecule is [2H]OCCCOCC(COCCCO[2H])(COCCCO[2H])COP(OC)N(C(C)C)C(C)C.[3H]C.[3H]C.[3H]C. The number of nitrogens with zero attached hydrogens (tertiary/aromatic N) is 1. The maximum absolute atomic E-state index is 6.82. The number of ether oxygens (including phenoxy) is 3. The fourth-order valence-corrected chi connectivity index (χ4v) is 4.54. The highest BCUT2D eigenvalue weighted by molar-refractivity contribution is 7.44. The van der Waals surface area contributed by atoms with Gasteiger partial charge in [-0.3, -0.25) is 0 Å². The molecule has 3 N–H and O–H groups in total. The molecular formula is C24H58NO8P. The molecule has 1 unspecified atom stereocenters. The van der Waals surface area contributed by atoms with E-state index >= 15 is 0 Å². The second-order valence-corrected chi connectivity index (χ2v) is 9.65. The van der Waals surface area contributed by atoms with Gasteiger partial charge in [0.05, 0.1) is 31.8 Å². The Labute approximate surface area is 220 Å². The van der Waals surface area contributed by atoms with E-state index < -0.39 is 13.9 Å². The molecule has 0 spiro atoms. The van der Waals surface area contributed by atoms with Crippen LogP contribution in [0.4, 0.5) is 0 Å². The van der Waals surface area contributed by atoms with Crippen LogP contribution in [-0.2, 0) is 23.3 Å². The summed E-state index contributed by atoms with van der Waals surface area (Å²) < 4.78 is 69.7. The van der Waals surface area contributed by atoms with Gasteiger partial charge in [0.25, 0.3) is 8.53 Å². The minimum absolute atomic E-state index is 0.240. The molecule has 1 atom stereocenters. The van der Waals surface area contributed by atoms with E-state index in [4.69, 9.17) is 31.7 Å². The largest absolute Gasteiger partial charge is 0.396 e. The highest BCUT2D eigenvalue weighted by Gasteiger charge is 2.36. The third-order valence-corrected chi connectivity index (χ3v) is 6.37. The van der Waals surface area contributed by atoms with Gasteiger partial charge in [-0.25, -0.2) is 4.67 Å². The van der Waals surface area contributed by atoms with Crippen molar-refractivity contribution >= 4 is 8.53 Å². The molecule has 0 aliphatic rings. The van der Waals surface area contributed by atoms with E-state index in [9.17, 15) is 0 Å². The van der Waals surface area contributed by atoms with E-state index in [1.807, 2.05) is 0 Å². The summed E-state index contributed by atoms with van der Waals surface area (Å²) in [6, 6.07) is 0.479. The van der Waals surface area contributed by atoms with Crippen molar-refractivity contribution in [3.63, 3.8) is 0 Å². The standard InChI is InChI=1S/C21H46NO8P.3CH4/c1-19(2)22(20(3)4)31(26-5)30-18-21(15-27-12-6-9-23,16-28-13-7-10-24)17-29-14-8-11-25;;;/h19-20,23-25H,6-18H2,1-5H3;3*1H4/i23D,24D,25D;3*1T. The fourth-order valence-electron chi connectivity index (χ4n) is 2.98. The molecule has 0 aliphatic heterocycles. The second kappa shape index (κ2) is 26.1. The summed E-state index contributed by atoms with van der Waals surface area (Å²) in [5, 5.41) is 13.1. The van der Waals surface area contributed by atoms with Gasteiger partial charge in [0.2, 0.25) is 4.29 Å². The van der Waals surface area contributed by atoms with E-state index in [1.54, 1.807) is 7.11 Å². The van der Waals surface area contributed by atoms with Crippen molar-refractivity contribution in [2.24, 2.45) is 5.41 Å². The van der Waals surface area contributed by atoms with Crippen molar-refractivity contribution in [1.29, 1.82) is 4.29 Å². The number of hydrogen-bond acceptors (Lipinski definition) is 9. The Morgan fingerprint density at radius 3 is 1.47 bits per heavy atom. The van der Waals surface area contributed by atoms with Gasteiger partial charge in [0.15, 0.2) is 0 Å². The summed E-state index contributed by atoms with van der Waals surface area (Å²) in [4.78, 5) is 0. The molecule has 0 amide bonds. The molecule has 0 fully saturated rings. The minimum Gasteiger partial charge on any atom is -0.396 e. The van der Waals surface area contributed by atoms with Gasteiger partial charge >= 0.3 is 0 Å². The summed E-state index contributed by atoms with van der Waals surface area (Å²) in [6.07, 6.45) is 1.80. The van der Waals surface area contributed by atoms with Crippen LogP contribution in [-0.4, -0.2) is 110 Å². The minimum atomic E-state index is -1.31. The molecule has 0 saturated carbocycles. The summed E-state index contributed by atoms with van der Waals surface area (Å²) >= 11 is 0. The van der Waals surface area contributed by atoms with Gasteiger partial charge in [-0.1, -0.05) is 22.2 Å². The molecule has 0 aromatic rings. The summed E-state index contributed by atoms with van der Waals surface area (Å²) in [6.45, 7) is 11.9. The van der Waals surface area contributed by atoms with Crippen LogP contribution >= 0.6 is 8.53 Å². The first-order chi connectivity index (χ1) is 19.4. The Morgan fingerprint density at radius 2 is 1.18 bits per heavy atom. The molecule has 0 aliphatic carbocycles. The highest BCUT2D eigenvalue weighted by atomic mass is 31.2. The summed E-state index contributed by atoms with van der Waals surface area (Å²) in [5.74, 6) is 0. The second-order valence-electron chi connectivity index (χ2n) is 8.09. The van der Waals surface area contributed by atoms with E-state index in [-0.39, 0.29) is 12.1 Å². The van der Waals surface area contributed by atoms with Crippen molar-refractivity contribution in [3.05, 3.63) is 0 Å². The topological polar surface area (TPSA) is 110 Å². The van der Waals surface area contributed by atoms with Crippen LogP contribution in [0.2, 0.25) is 0 Å². The monoisotopic (exact) mass is 528 g/mol. The van der Waals surface area contributed by atoms with Gasteiger partial charge in [0, 0.05) is 62.9 Å². The van der Waals surface area contributed by atoms with Crippen LogP contribution in [0.5, 0.6) is 0 Å². The maximum Gasteiger partial charge on any atom is 0.258 e. The predicted molar refractivity (Wildman–Crippen MR) is 142 cm³/mol. The van der Waals surface area contributed by atoms with Gasteiger partial charge in [-0.05, 0) is 47.0 Å². The van der Waals surface area contributed by atoms with Crippen LogP contribution in [0.15, 0.2) is 0 Å². The Balaban J connectivity index is -0.00000100. The molecule has 10 heteroatoms. The predicted octanol–water partition coefficient (Wildman–Crippen LogP) is 4.09. The van der Waals surface area contributed by atoms with E-state index in [1.165, 1.54) is 22.2 Å². The lowest BCUT2D eigenvalue weighted by Crippen LogP contribution is -2.43. The lowest BCUT2D eigenvalue weighted by atomic mass is 9.92. The Morgan fingerprint density at radius 1 is 0.794 bits per heavy atom. The Kier molecular flexibility index (Phi) is 22.0. The first-order valence-electron chi connectivity index (χ1n) is 15.3. The quantitative estimate of drug-likeness (QED) is 0.119. The molecule has 0 heterocycles. The molecule has 0 bridgehead atoms. The third kappa shape index (κ3) is 18.4. The van der Waals surface area contributed by atoms with E-state index in [0.29, 0.717) is 85.3 Å². The van der Waals surface area contributed by atoms with Crippen LogP contribution in [0.25, 0.3) is 0 Å². The molecule has 0 aromatic heterocycles. The van der Waals surface area contributed by atoms with Crippen molar-refractivity contribution in [2.45, 2.75) is 81.2 Å². The van der Waals surface area contributed by atoms with Crippen LogP contribution in [0, 0.1) is 5.41 Å². The summed E-state index contributed by atoms with van der Waals surface area (Å²) in [7, 11) is 4.09. The van der Waals surface area contributed by atoms with Crippen molar-refractivity contribution < 1.29 is 42.7 Å². The lowest BCUT2D eigenvalue weighted by Gasteiger charge is -2.38. The van der Waals surface area contributed by atoms with Crippen molar-refractivity contribution in [2.75, 3.05) is 73.2 Å². The van der Waals surface area contributed by atoms with Crippen molar-refractivity contribution in [1.82, 2.24) is 4.67 Å². The number of hydrogen-bond donors (Lipinski definition) is 3. The number of aliphatic hydroxyl groups is 3. The summed E-state index contributed by atoms with van der Waals surface area (Å²) in [5.41, 5.74) is -0.607. The Bertz CT molecular complexity index is 426. The number of aliphatic hydroxyl groups excluding tert-OH is 3. The van der Waals surface area contributed by atoms with Gasteiger partial charge in [-0.2, -0.15) is 0 Å². The average Bonchev–Trinajstić information content (AvgIpc) is 2.97. The smallest absolute Gasteiger partial charge is 0.258 e. The molecule has 34 heavy (non-hydrogen) atoms. The van der Waals surface area contributed by atoms with Gasteiger partial charge in [0.1, 0.15) is 0 Å². The molecular weight excluding hydrogens is 461 g/mol. The third-order valence-electron chi connectivity index (χ3n) is 4.41. The molecule has 0 rings (SSSR count). The van der Waals surface area contributed by atoms with Crippen molar-refractivity contribution in [3.8, 4) is 0 Å². The highest BCUT2D eigenvalue weighted by Crippen LogP contribution is 2.46. The molecule has 212 valence electrons. The van der Waals surface area contributed by atoms with Crippen LogP contribution < -0.4 is 0 Å². The first kappa shape index (κ1) is 28.6. The fraction of sp³-hybridized carbons (Fsp3) is 1.00. The normalized spacial score (nSPS) is 14.2. The molecule has 0 radical (unpaired) electrons. The Hall–Kier alpha value is 0.0700. The zero-order valence-electron chi connectivity index (χ0n) is 29.0. The van der Waals surface area contributed by atoms with Gasteiger partial charge in [-0.15, -0.1) is 0 Å². The van der Waals surface area contributed by atoms with Crippen LogP contribution in [0.3, 0.4) is 0 Å². The molecule has 0 aromatic carbocycles. The number of rotatable bonds is 25. The first-order valence-corrected chi connectivity index (χ1v) is 12.2. The average molecular weight is 529 g/mol. The molecule has 9 nitrogen and oxygen atoms in total. The lowest BCUT2D eigenvalue weighted by molar-refractivity contribution is -0.0921. The van der Waals surface area contributed by atoms with Crippen LogP contribution in [0.1, 0.15) is 73.3 Å². The maximum atomic E-state index is 6.82.